The van der Waals surface area contributed by atoms with E-state index in [4.69, 9.17) is 4.52 Å². The van der Waals surface area contributed by atoms with Gasteiger partial charge in [0.15, 0.2) is 0 Å². The van der Waals surface area contributed by atoms with E-state index in [9.17, 15) is 4.79 Å². The molecule has 0 N–H and O–H groups in total. The number of carbonyl (C=O) groups excluding carboxylic acids is 1. The van der Waals surface area contributed by atoms with Crippen LogP contribution in [0, 0.1) is 11.8 Å². The van der Waals surface area contributed by atoms with Gasteiger partial charge < -0.3 is 4.52 Å². The molecule has 1 aliphatic heterocycles. The summed E-state index contributed by atoms with van der Waals surface area (Å²) in [6, 6.07) is 5.61. The van der Waals surface area contributed by atoms with Crippen LogP contribution in [0.1, 0.15) is 39.0 Å². The number of pyridine rings is 1. The Balaban J connectivity index is 1.60. The van der Waals surface area contributed by atoms with Crippen molar-refractivity contribution in [3.8, 4) is 11.5 Å². The predicted octanol–water partition coefficient (Wildman–Crippen LogP) is 2.96. The highest BCUT2D eigenvalue weighted by Crippen LogP contribution is 2.22. The third-order valence-electron chi connectivity index (χ3n) is 4.29. The van der Waals surface area contributed by atoms with Crippen LogP contribution in [0.2, 0.25) is 0 Å². The zero-order chi connectivity index (χ0) is 16.9. The summed E-state index contributed by atoms with van der Waals surface area (Å²) in [6.07, 6.45) is 4.41. The summed E-state index contributed by atoms with van der Waals surface area (Å²) in [6.45, 7) is 6.52. The molecule has 0 bridgehead atoms. The van der Waals surface area contributed by atoms with Gasteiger partial charge in [0.2, 0.25) is 11.7 Å². The lowest BCUT2D eigenvalue weighted by molar-refractivity contribution is -0.125. The third-order valence-corrected chi connectivity index (χ3v) is 4.29. The molecular weight excluding hydrogens is 304 g/mol. The number of nitrogens with zero attached hydrogens (tertiary/aromatic N) is 4. The molecule has 1 aliphatic rings. The summed E-state index contributed by atoms with van der Waals surface area (Å²) in [4.78, 5) is 23.2. The molecular formula is C18H24N4O2. The van der Waals surface area contributed by atoms with Gasteiger partial charge in [0, 0.05) is 25.1 Å². The van der Waals surface area contributed by atoms with E-state index in [2.05, 4.69) is 33.9 Å². The van der Waals surface area contributed by atoms with Gasteiger partial charge in [-0.25, -0.2) is 0 Å². The van der Waals surface area contributed by atoms with Crippen molar-refractivity contribution in [3.05, 3.63) is 30.3 Å². The molecule has 0 aliphatic carbocycles. The minimum atomic E-state index is 0.138. The van der Waals surface area contributed by atoms with E-state index >= 15 is 0 Å². The van der Waals surface area contributed by atoms with Crippen molar-refractivity contribution in [2.24, 2.45) is 11.8 Å². The van der Waals surface area contributed by atoms with Gasteiger partial charge in [-0.05, 0) is 37.4 Å². The first-order chi connectivity index (χ1) is 11.6. The third kappa shape index (κ3) is 4.26. The van der Waals surface area contributed by atoms with Gasteiger partial charge in [-0.1, -0.05) is 25.1 Å². The highest BCUT2D eigenvalue weighted by Gasteiger charge is 2.27. The van der Waals surface area contributed by atoms with Crippen molar-refractivity contribution in [2.75, 3.05) is 13.1 Å². The molecule has 128 valence electrons. The van der Waals surface area contributed by atoms with E-state index in [-0.39, 0.29) is 5.92 Å². The van der Waals surface area contributed by atoms with E-state index in [1.807, 2.05) is 18.2 Å². The summed E-state index contributed by atoms with van der Waals surface area (Å²) in [7, 11) is 0. The van der Waals surface area contributed by atoms with Crippen molar-refractivity contribution in [1.82, 2.24) is 20.0 Å². The van der Waals surface area contributed by atoms with E-state index in [1.54, 1.807) is 6.20 Å². The highest BCUT2D eigenvalue weighted by molar-refractivity contribution is 5.81. The van der Waals surface area contributed by atoms with Crippen LogP contribution in [0.3, 0.4) is 0 Å². The number of aromatic nitrogens is 3. The van der Waals surface area contributed by atoms with Gasteiger partial charge >= 0.3 is 0 Å². The summed E-state index contributed by atoms with van der Waals surface area (Å²) in [5.74, 6) is 2.03. The Morgan fingerprint density at radius 1 is 1.42 bits per heavy atom. The van der Waals surface area contributed by atoms with Crippen LogP contribution in [0.4, 0.5) is 0 Å². The fourth-order valence-corrected chi connectivity index (χ4v) is 3.14. The largest absolute Gasteiger partial charge is 0.337 e. The molecule has 6 heteroatoms. The van der Waals surface area contributed by atoms with E-state index in [0.29, 0.717) is 42.1 Å². The molecule has 6 nitrogen and oxygen atoms in total. The van der Waals surface area contributed by atoms with E-state index in [0.717, 1.165) is 25.9 Å². The van der Waals surface area contributed by atoms with E-state index < -0.39 is 0 Å². The maximum atomic E-state index is 12.3. The zero-order valence-corrected chi connectivity index (χ0v) is 14.3. The molecule has 0 amide bonds. The Morgan fingerprint density at radius 2 is 2.29 bits per heavy atom. The summed E-state index contributed by atoms with van der Waals surface area (Å²) < 4.78 is 5.35. The molecule has 1 atom stereocenters. The topological polar surface area (TPSA) is 72.1 Å². The second kappa shape index (κ2) is 7.66. The van der Waals surface area contributed by atoms with Gasteiger partial charge in [-0.15, -0.1) is 0 Å². The average molecular weight is 328 g/mol. The molecule has 0 aromatic carbocycles. The molecule has 0 spiro atoms. The first kappa shape index (κ1) is 16.8. The Hall–Kier alpha value is -2.08. The maximum Gasteiger partial charge on any atom is 0.241 e. The average Bonchev–Trinajstić information content (AvgIpc) is 3.04. The molecule has 0 radical (unpaired) electrons. The van der Waals surface area contributed by atoms with Crippen LogP contribution in [-0.2, 0) is 11.3 Å². The molecule has 0 unspecified atom stereocenters. The molecule has 24 heavy (non-hydrogen) atoms. The molecule has 1 fully saturated rings. The molecule has 2 aromatic rings. The van der Waals surface area contributed by atoms with Gasteiger partial charge in [-0.3, -0.25) is 14.7 Å². The SMILES string of the molecule is CC(C)CC(=O)[C@@H]1CCCN(Cc2nc(-c3ccccn3)no2)C1. The first-order valence-electron chi connectivity index (χ1n) is 8.61. The number of likely N-dealkylation sites (tertiary alicyclic amines) is 1. The zero-order valence-electron chi connectivity index (χ0n) is 14.3. The van der Waals surface area contributed by atoms with Gasteiger partial charge in [0.05, 0.1) is 6.54 Å². The highest BCUT2D eigenvalue weighted by atomic mass is 16.5. The van der Waals surface area contributed by atoms with Crippen molar-refractivity contribution < 1.29 is 9.32 Å². The quantitative estimate of drug-likeness (QED) is 0.812. The van der Waals surface area contributed by atoms with Crippen LogP contribution in [0.25, 0.3) is 11.5 Å². The van der Waals surface area contributed by atoms with Gasteiger partial charge in [0.1, 0.15) is 11.5 Å². The number of ketones is 1. The fraction of sp³-hybridized carbons (Fsp3) is 0.556. The van der Waals surface area contributed by atoms with Gasteiger partial charge in [-0.2, -0.15) is 4.98 Å². The maximum absolute atomic E-state index is 12.3. The minimum absolute atomic E-state index is 0.138. The number of hydrogen-bond donors (Lipinski definition) is 0. The van der Waals surface area contributed by atoms with Crippen molar-refractivity contribution in [1.29, 1.82) is 0 Å². The standard InChI is InChI=1S/C18H24N4O2/c1-13(2)10-16(23)14-6-5-9-22(11-14)12-17-20-18(21-24-17)15-7-3-4-8-19-15/h3-4,7-8,13-14H,5-6,9-12H2,1-2H3/t14-/m1/s1. The molecule has 2 aromatic heterocycles. The lowest BCUT2D eigenvalue weighted by atomic mass is 9.89. The molecule has 3 heterocycles. The Morgan fingerprint density at radius 3 is 3.04 bits per heavy atom. The predicted molar refractivity (Wildman–Crippen MR) is 90.0 cm³/mol. The Kier molecular flexibility index (Phi) is 5.35. The van der Waals surface area contributed by atoms with Crippen molar-refractivity contribution >= 4 is 5.78 Å². The van der Waals surface area contributed by atoms with Crippen LogP contribution in [0.15, 0.2) is 28.9 Å². The van der Waals surface area contributed by atoms with Crippen LogP contribution in [0.5, 0.6) is 0 Å². The van der Waals surface area contributed by atoms with Crippen LogP contribution >= 0.6 is 0 Å². The summed E-state index contributed by atoms with van der Waals surface area (Å²) in [5, 5.41) is 4.00. The summed E-state index contributed by atoms with van der Waals surface area (Å²) >= 11 is 0. The Labute approximate surface area is 142 Å². The number of Topliss-reactive ketones (excluding diaryl/α,β-unsaturated/α-hetero) is 1. The summed E-state index contributed by atoms with van der Waals surface area (Å²) in [5.41, 5.74) is 0.705. The minimum Gasteiger partial charge on any atom is -0.337 e. The monoisotopic (exact) mass is 328 g/mol. The normalized spacial score (nSPS) is 18.9. The fourth-order valence-electron chi connectivity index (χ4n) is 3.14. The molecule has 0 saturated carbocycles. The van der Waals surface area contributed by atoms with Crippen molar-refractivity contribution in [2.45, 2.75) is 39.7 Å². The van der Waals surface area contributed by atoms with Crippen LogP contribution < -0.4 is 0 Å². The molecule has 3 rings (SSSR count). The second-order valence-corrected chi connectivity index (χ2v) is 6.87. The number of carbonyl (C=O) groups is 1. The van der Waals surface area contributed by atoms with Crippen LogP contribution in [-0.4, -0.2) is 38.9 Å². The van der Waals surface area contributed by atoms with Gasteiger partial charge in [0.25, 0.3) is 0 Å². The lowest BCUT2D eigenvalue weighted by Crippen LogP contribution is -2.38. The Bertz CT molecular complexity index is 669. The second-order valence-electron chi connectivity index (χ2n) is 6.87. The first-order valence-corrected chi connectivity index (χ1v) is 8.61. The smallest absolute Gasteiger partial charge is 0.241 e. The molecule has 1 saturated heterocycles. The number of rotatable bonds is 6. The number of piperidine rings is 1. The van der Waals surface area contributed by atoms with Crippen molar-refractivity contribution in [3.63, 3.8) is 0 Å². The number of hydrogen-bond acceptors (Lipinski definition) is 6. The van der Waals surface area contributed by atoms with E-state index in [1.165, 1.54) is 0 Å². The lowest BCUT2D eigenvalue weighted by Gasteiger charge is -2.31.